The second kappa shape index (κ2) is 13.4. The van der Waals surface area contributed by atoms with E-state index in [-0.39, 0.29) is 39.5 Å². The number of aromatic amines is 1. The summed E-state index contributed by atoms with van der Waals surface area (Å²) in [5, 5.41) is 27.9. The average Bonchev–Trinajstić information content (AvgIpc) is 3.78. The van der Waals surface area contributed by atoms with Gasteiger partial charge in [0.15, 0.2) is 34.0 Å². The average molecular weight is 723 g/mol. The molecule has 2 amide bonds. The Labute approximate surface area is 279 Å². The molecule has 3 aromatic rings. The number of nitrogen functional groups attached to an aromatic ring is 1. The van der Waals surface area contributed by atoms with Crippen molar-refractivity contribution in [1.82, 2.24) is 28.6 Å². The van der Waals surface area contributed by atoms with Gasteiger partial charge in [-0.05, 0) is 26.7 Å². The van der Waals surface area contributed by atoms with E-state index in [1.54, 1.807) is 0 Å². The first-order valence-corrected chi connectivity index (χ1v) is 17.0. The van der Waals surface area contributed by atoms with Gasteiger partial charge in [-0.2, -0.15) is 0 Å². The number of carboxylic acid groups (broad SMARTS) is 1. The van der Waals surface area contributed by atoms with E-state index in [2.05, 4.69) is 20.2 Å². The summed E-state index contributed by atoms with van der Waals surface area (Å²) in [7, 11) is -4.84. The number of H-pyrrole nitrogens is 1. The summed E-state index contributed by atoms with van der Waals surface area (Å²) in [6.07, 6.45) is 1.23. The van der Waals surface area contributed by atoms with Crippen LogP contribution in [0.15, 0.2) is 32.4 Å². The van der Waals surface area contributed by atoms with Crippen molar-refractivity contribution < 1.29 is 47.4 Å². The van der Waals surface area contributed by atoms with Crippen LogP contribution in [0.4, 0.5) is 5.13 Å². The SMILES string of the molecule is CC(C)(O/N=C(\C(=O)C[C@H]1CN(C(=O)CS(=O)(=O)n2nc(-c3cc(=O)c(O)c[nH]3)n(C[C@@H]3CCCO3)c2=O)C1=O)c1csc(N)n1)C(=O)O. The Balaban J connectivity index is 1.31. The maximum Gasteiger partial charge on any atom is 0.360 e. The number of carbonyl (C=O) groups is 4. The summed E-state index contributed by atoms with van der Waals surface area (Å²) >= 11 is 0.970. The zero-order valence-electron chi connectivity index (χ0n) is 25.9. The van der Waals surface area contributed by atoms with Crippen LogP contribution in [0.5, 0.6) is 5.75 Å². The lowest BCUT2D eigenvalue weighted by Crippen LogP contribution is -2.57. The predicted molar refractivity (Wildman–Crippen MR) is 168 cm³/mol. The van der Waals surface area contributed by atoms with Crippen LogP contribution in [0.25, 0.3) is 11.5 Å². The van der Waals surface area contributed by atoms with Crippen LogP contribution < -0.4 is 16.9 Å². The monoisotopic (exact) mass is 722 g/mol. The van der Waals surface area contributed by atoms with Crippen LogP contribution in [-0.2, 0) is 45.3 Å². The lowest BCUT2D eigenvalue weighted by molar-refractivity contribution is -0.161. The number of Topliss-reactive ketones (excluding diaryl/α,β-unsaturated/α-hetero) is 1. The quantitative estimate of drug-likeness (QED) is 0.0909. The minimum Gasteiger partial charge on any atom is -0.503 e. The zero-order valence-corrected chi connectivity index (χ0v) is 27.5. The number of pyridine rings is 1. The number of aromatic nitrogens is 5. The number of ketones is 1. The Kier molecular flexibility index (Phi) is 9.56. The maximum atomic E-state index is 13.3. The molecule has 5 rings (SSSR count). The van der Waals surface area contributed by atoms with Gasteiger partial charge in [0.2, 0.25) is 22.8 Å². The number of likely N-dealkylation sites (tertiary alicyclic amines) is 1. The molecule has 5 N–H and O–H groups in total. The fraction of sp³-hybridized carbons (Fsp3) is 0.444. The third kappa shape index (κ3) is 7.29. The summed E-state index contributed by atoms with van der Waals surface area (Å²) in [5.74, 6) is -7.54. The Morgan fingerprint density at radius 3 is 2.59 bits per heavy atom. The van der Waals surface area contributed by atoms with E-state index in [9.17, 15) is 47.4 Å². The number of rotatable bonds is 13. The number of oxime groups is 1. The highest BCUT2D eigenvalue weighted by atomic mass is 32.2. The zero-order chi connectivity index (χ0) is 35.8. The number of hydrogen-bond donors (Lipinski definition) is 4. The van der Waals surface area contributed by atoms with Gasteiger partial charge in [0.1, 0.15) is 5.69 Å². The van der Waals surface area contributed by atoms with E-state index in [4.69, 9.17) is 15.3 Å². The van der Waals surface area contributed by atoms with Crippen molar-refractivity contribution in [2.45, 2.75) is 51.4 Å². The van der Waals surface area contributed by atoms with Gasteiger partial charge >= 0.3 is 11.7 Å². The van der Waals surface area contributed by atoms with Crippen LogP contribution in [0, 0.1) is 5.92 Å². The van der Waals surface area contributed by atoms with Crippen LogP contribution in [0.3, 0.4) is 0 Å². The number of aliphatic carboxylic acids is 1. The molecule has 3 aromatic heterocycles. The highest BCUT2D eigenvalue weighted by molar-refractivity contribution is 7.90. The molecule has 20 nitrogen and oxygen atoms in total. The number of nitrogens with two attached hydrogens (primary N) is 1. The number of aromatic hydroxyl groups is 1. The Morgan fingerprint density at radius 2 is 2.00 bits per heavy atom. The predicted octanol–water partition coefficient (Wildman–Crippen LogP) is -1.27. The van der Waals surface area contributed by atoms with Gasteiger partial charge in [-0.3, -0.25) is 28.6 Å². The number of nitrogens with one attached hydrogen (secondary N) is 1. The number of imide groups is 1. The fourth-order valence-electron chi connectivity index (χ4n) is 4.83. The van der Waals surface area contributed by atoms with Crippen molar-refractivity contribution in [3.63, 3.8) is 0 Å². The van der Waals surface area contributed by atoms with E-state index in [0.717, 1.165) is 28.2 Å². The normalized spacial score (nSPS) is 18.4. The van der Waals surface area contributed by atoms with Crippen molar-refractivity contribution in [1.29, 1.82) is 0 Å². The fourth-order valence-corrected chi connectivity index (χ4v) is 6.51. The highest BCUT2D eigenvalue weighted by Crippen LogP contribution is 2.25. The second-order valence-corrected chi connectivity index (χ2v) is 14.3. The molecule has 262 valence electrons. The van der Waals surface area contributed by atoms with Gasteiger partial charge in [0.05, 0.1) is 24.3 Å². The molecular formula is C27H30N8O12S2. The number of ether oxygens (including phenoxy) is 1. The van der Waals surface area contributed by atoms with Crippen LogP contribution in [0.2, 0.25) is 0 Å². The summed E-state index contributed by atoms with van der Waals surface area (Å²) < 4.78 is 33.3. The summed E-state index contributed by atoms with van der Waals surface area (Å²) in [6, 6.07) is 0.921. The third-order valence-corrected chi connectivity index (χ3v) is 9.66. The molecule has 2 fully saturated rings. The van der Waals surface area contributed by atoms with Gasteiger partial charge in [0, 0.05) is 37.2 Å². The Bertz CT molecular complexity index is 2090. The molecule has 0 unspecified atom stereocenters. The van der Waals surface area contributed by atoms with Gasteiger partial charge < -0.3 is 30.5 Å². The number of β-lactam (4-membered cyclic amide) rings is 1. The largest absolute Gasteiger partial charge is 0.503 e. The smallest absolute Gasteiger partial charge is 0.360 e. The Morgan fingerprint density at radius 1 is 1.27 bits per heavy atom. The molecule has 0 aromatic carbocycles. The summed E-state index contributed by atoms with van der Waals surface area (Å²) in [5.41, 5.74) is 1.31. The van der Waals surface area contributed by atoms with E-state index < -0.39 is 86.0 Å². The number of carboxylic acids is 1. The molecule has 0 spiro atoms. The number of hydrogen-bond acceptors (Lipinski definition) is 16. The molecule has 2 aliphatic heterocycles. The van der Waals surface area contributed by atoms with Crippen molar-refractivity contribution >= 4 is 55.8 Å². The number of amides is 2. The molecule has 0 radical (unpaired) electrons. The molecule has 2 aliphatic rings. The number of carbonyl (C=O) groups excluding carboxylic acids is 3. The lowest BCUT2D eigenvalue weighted by Gasteiger charge is -2.36. The standard InChI is InChI=1S/C27H30N8O12S2/c1-27(2,24(41)42)47-32-21(16-11-48-25(28)30-16)18(37)6-13-9-33(23(13)40)20(39)12-49(44,45)35-26(43)34(10-14-4-3-5-46-14)22(31-35)15-7-17(36)19(38)8-29-15/h7-8,11,13-14,38H,3-6,9-10,12H2,1-2H3,(H2,28,30)(H,29,36)(H,41,42)/b32-21-/t13-,14-/m0/s1. The first kappa shape index (κ1) is 35.1. The van der Waals surface area contributed by atoms with Gasteiger partial charge in [-0.1, -0.05) is 5.16 Å². The number of thiazole rings is 1. The van der Waals surface area contributed by atoms with Crippen molar-refractivity contribution in [2.75, 3.05) is 24.6 Å². The minimum absolute atomic E-state index is 0.0281. The molecule has 0 aliphatic carbocycles. The van der Waals surface area contributed by atoms with Crippen molar-refractivity contribution in [3.8, 4) is 17.3 Å². The molecule has 0 saturated carbocycles. The van der Waals surface area contributed by atoms with Gasteiger partial charge in [-0.25, -0.2) is 23.0 Å². The first-order chi connectivity index (χ1) is 23.0. The van der Waals surface area contributed by atoms with Crippen LogP contribution in [-0.4, -0.2) is 107 Å². The summed E-state index contributed by atoms with van der Waals surface area (Å²) in [6.45, 7) is 2.34. The summed E-state index contributed by atoms with van der Waals surface area (Å²) in [4.78, 5) is 88.1. The Hall–Kier alpha value is -5.22. The maximum absolute atomic E-state index is 13.3. The molecule has 5 heterocycles. The topological polar surface area (TPSA) is 289 Å². The molecule has 49 heavy (non-hydrogen) atoms. The molecular weight excluding hydrogens is 692 g/mol. The molecule has 2 atom stereocenters. The van der Waals surface area contributed by atoms with E-state index in [0.29, 0.717) is 24.3 Å². The van der Waals surface area contributed by atoms with E-state index in [1.165, 1.54) is 19.2 Å². The highest BCUT2D eigenvalue weighted by Gasteiger charge is 2.44. The number of anilines is 1. The van der Waals surface area contributed by atoms with Crippen LogP contribution >= 0.6 is 11.3 Å². The van der Waals surface area contributed by atoms with Gasteiger partial charge in [-0.15, -0.1) is 20.5 Å². The van der Waals surface area contributed by atoms with E-state index in [1.807, 2.05) is 0 Å². The third-order valence-electron chi connectivity index (χ3n) is 7.61. The van der Waals surface area contributed by atoms with Crippen LogP contribution in [0.1, 0.15) is 38.8 Å². The molecule has 0 bridgehead atoms. The van der Waals surface area contributed by atoms with E-state index >= 15 is 0 Å². The van der Waals surface area contributed by atoms with Crippen molar-refractivity contribution in [2.24, 2.45) is 11.1 Å². The molecule has 22 heteroatoms. The molecule has 2 saturated heterocycles. The number of nitrogens with zero attached hydrogens (tertiary/aromatic N) is 6. The minimum atomic E-state index is -4.84. The first-order valence-electron chi connectivity index (χ1n) is 14.5. The lowest BCUT2D eigenvalue weighted by atomic mass is 9.91. The van der Waals surface area contributed by atoms with Gasteiger partial charge in [0.25, 0.3) is 10.0 Å². The van der Waals surface area contributed by atoms with Crippen molar-refractivity contribution in [3.05, 3.63) is 44.0 Å². The second-order valence-electron chi connectivity index (χ2n) is 11.6.